The van der Waals surface area contributed by atoms with E-state index in [2.05, 4.69) is 15.2 Å². The van der Waals surface area contributed by atoms with Gasteiger partial charge < -0.3 is 10.6 Å². The van der Waals surface area contributed by atoms with Crippen LogP contribution in [0, 0.1) is 6.92 Å². The maximum absolute atomic E-state index is 12.1. The lowest BCUT2D eigenvalue weighted by Crippen LogP contribution is -2.27. The number of pyridine rings is 1. The maximum atomic E-state index is 12.1. The minimum Gasteiger partial charge on any atom is -0.382 e. The topological polar surface area (TPSA) is 85.0 Å². The SMILES string of the molecule is Cc1cccc(CN(C)C(=O)c2ccc(N)nn2)n1. The first-order valence-electron chi connectivity index (χ1n) is 5.83. The second-order valence-corrected chi connectivity index (χ2v) is 4.27. The number of anilines is 1. The molecule has 2 N–H and O–H groups in total. The van der Waals surface area contributed by atoms with Crippen LogP contribution in [0.3, 0.4) is 0 Å². The van der Waals surface area contributed by atoms with Gasteiger partial charge in [0.2, 0.25) is 0 Å². The minimum absolute atomic E-state index is 0.212. The molecule has 0 aliphatic heterocycles. The molecule has 6 heteroatoms. The molecule has 2 aromatic heterocycles. The minimum atomic E-state index is -0.212. The van der Waals surface area contributed by atoms with E-state index >= 15 is 0 Å². The summed E-state index contributed by atoms with van der Waals surface area (Å²) in [7, 11) is 1.70. The maximum Gasteiger partial charge on any atom is 0.274 e. The highest BCUT2D eigenvalue weighted by atomic mass is 16.2. The van der Waals surface area contributed by atoms with Crippen molar-refractivity contribution in [3.05, 3.63) is 47.4 Å². The number of aromatic nitrogens is 3. The van der Waals surface area contributed by atoms with Crippen LogP contribution in [0.2, 0.25) is 0 Å². The third-order valence-corrected chi connectivity index (χ3v) is 2.60. The Hall–Kier alpha value is -2.50. The van der Waals surface area contributed by atoms with E-state index in [4.69, 9.17) is 5.73 Å². The number of hydrogen-bond donors (Lipinski definition) is 1. The van der Waals surface area contributed by atoms with Crippen molar-refractivity contribution in [2.75, 3.05) is 12.8 Å². The number of carbonyl (C=O) groups excluding carboxylic acids is 1. The zero-order valence-corrected chi connectivity index (χ0v) is 10.9. The summed E-state index contributed by atoms with van der Waals surface area (Å²) in [6.07, 6.45) is 0. The van der Waals surface area contributed by atoms with Gasteiger partial charge in [-0.3, -0.25) is 9.78 Å². The first-order valence-corrected chi connectivity index (χ1v) is 5.83. The normalized spacial score (nSPS) is 10.2. The number of aryl methyl sites for hydroxylation is 1. The molecule has 6 nitrogen and oxygen atoms in total. The number of nitrogens with zero attached hydrogens (tertiary/aromatic N) is 4. The van der Waals surface area contributed by atoms with Crippen molar-refractivity contribution in [3.8, 4) is 0 Å². The zero-order chi connectivity index (χ0) is 13.8. The lowest BCUT2D eigenvalue weighted by atomic mass is 10.3. The Morgan fingerprint density at radius 1 is 1.26 bits per heavy atom. The third kappa shape index (κ3) is 3.25. The average Bonchev–Trinajstić information content (AvgIpc) is 2.39. The molecule has 0 saturated heterocycles. The molecule has 0 aliphatic rings. The number of nitrogens with two attached hydrogens (primary N) is 1. The lowest BCUT2D eigenvalue weighted by molar-refractivity contribution is 0.0776. The molecule has 1 amide bonds. The van der Waals surface area contributed by atoms with E-state index in [0.29, 0.717) is 12.4 Å². The lowest BCUT2D eigenvalue weighted by Gasteiger charge is -2.16. The molecule has 0 radical (unpaired) electrons. The molecule has 0 saturated carbocycles. The molecule has 0 aromatic carbocycles. The van der Waals surface area contributed by atoms with Crippen molar-refractivity contribution in [2.24, 2.45) is 0 Å². The van der Waals surface area contributed by atoms with Crippen molar-refractivity contribution in [2.45, 2.75) is 13.5 Å². The Bertz CT molecular complexity index is 582. The highest BCUT2D eigenvalue weighted by molar-refractivity contribution is 5.91. The average molecular weight is 257 g/mol. The summed E-state index contributed by atoms with van der Waals surface area (Å²) in [6.45, 7) is 2.34. The number of rotatable bonds is 3. The molecule has 2 rings (SSSR count). The van der Waals surface area contributed by atoms with Crippen LogP contribution in [-0.2, 0) is 6.54 Å². The van der Waals surface area contributed by atoms with Gasteiger partial charge in [0.25, 0.3) is 5.91 Å². The quantitative estimate of drug-likeness (QED) is 0.887. The van der Waals surface area contributed by atoms with E-state index < -0.39 is 0 Å². The monoisotopic (exact) mass is 257 g/mol. The first kappa shape index (κ1) is 12.9. The standard InChI is InChI=1S/C13H15N5O/c1-9-4-3-5-10(15-9)8-18(2)13(19)11-6-7-12(14)17-16-11/h3-7H,8H2,1-2H3,(H2,14,17). The third-order valence-electron chi connectivity index (χ3n) is 2.60. The highest BCUT2D eigenvalue weighted by Gasteiger charge is 2.14. The number of carbonyl (C=O) groups is 1. The second-order valence-electron chi connectivity index (χ2n) is 4.27. The number of hydrogen-bond acceptors (Lipinski definition) is 5. The molecule has 0 spiro atoms. The summed E-state index contributed by atoms with van der Waals surface area (Å²) in [6, 6.07) is 8.82. The molecule has 98 valence electrons. The fourth-order valence-electron chi connectivity index (χ4n) is 1.65. The molecule has 2 heterocycles. The van der Waals surface area contributed by atoms with Crippen LogP contribution < -0.4 is 5.73 Å². The Labute approximate surface area is 111 Å². The number of amides is 1. The summed E-state index contributed by atoms with van der Waals surface area (Å²) >= 11 is 0. The van der Waals surface area contributed by atoms with Crippen molar-refractivity contribution in [1.29, 1.82) is 0 Å². The van der Waals surface area contributed by atoms with Crippen molar-refractivity contribution >= 4 is 11.7 Å². The van der Waals surface area contributed by atoms with Gasteiger partial charge in [0.1, 0.15) is 5.82 Å². The van der Waals surface area contributed by atoms with Gasteiger partial charge in [0.15, 0.2) is 5.69 Å². The molecular formula is C13H15N5O. The van der Waals surface area contributed by atoms with Crippen LogP contribution in [0.25, 0.3) is 0 Å². The van der Waals surface area contributed by atoms with Crippen molar-refractivity contribution < 1.29 is 4.79 Å². The van der Waals surface area contributed by atoms with Gasteiger partial charge in [-0.15, -0.1) is 10.2 Å². The smallest absolute Gasteiger partial charge is 0.274 e. The van der Waals surface area contributed by atoms with Crippen molar-refractivity contribution in [1.82, 2.24) is 20.1 Å². The molecular weight excluding hydrogens is 242 g/mol. The van der Waals surface area contributed by atoms with Crippen molar-refractivity contribution in [3.63, 3.8) is 0 Å². The largest absolute Gasteiger partial charge is 0.382 e. The summed E-state index contributed by atoms with van der Waals surface area (Å²) in [5.74, 6) is 0.0790. The van der Waals surface area contributed by atoms with Crippen LogP contribution in [0.5, 0.6) is 0 Å². The Kier molecular flexibility index (Phi) is 3.70. The van der Waals surface area contributed by atoms with Gasteiger partial charge in [-0.05, 0) is 31.2 Å². The first-order chi connectivity index (χ1) is 9.06. The van der Waals surface area contributed by atoms with Crippen LogP contribution >= 0.6 is 0 Å². The van der Waals surface area contributed by atoms with Crippen LogP contribution in [0.4, 0.5) is 5.82 Å². The predicted molar refractivity (Wildman–Crippen MR) is 71.2 cm³/mol. The molecule has 19 heavy (non-hydrogen) atoms. The Morgan fingerprint density at radius 2 is 2.05 bits per heavy atom. The van der Waals surface area contributed by atoms with Gasteiger partial charge in [0, 0.05) is 12.7 Å². The van der Waals surface area contributed by atoms with Gasteiger partial charge in [-0.2, -0.15) is 0 Å². The summed E-state index contributed by atoms with van der Waals surface area (Å²) in [5.41, 5.74) is 7.46. The fraction of sp³-hybridized carbons (Fsp3) is 0.231. The zero-order valence-electron chi connectivity index (χ0n) is 10.9. The Balaban J connectivity index is 2.09. The van der Waals surface area contributed by atoms with Gasteiger partial charge in [-0.25, -0.2) is 0 Å². The molecule has 0 aliphatic carbocycles. The molecule has 2 aromatic rings. The molecule has 0 fully saturated rings. The highest BCUT2D eigenvalue weighted by Crippen LogP contribution is 2.06. The molecule has 0 bridgehead atoms. The predicted octanol–water partition coefficient (Wildman–Crippen LogP) is 1.03. The molecule has 0 atom stereocenters. The van der Waals surface area contributed by atoms with Crippen LogP contribution in [0.1, 0.15) is 21.9 Å². The Morgan fingerprint density at radius 3 is 2.68 bits per heavy atom. The molecule has 0 unspecified atom stereocenters. The summed E-state index contributed by atoms with van der Waals surface area (Å²) in [4.78, 5) is 18.0. The van der Waals surface area contributed by atoms with Gasteiger partial charge in [0.05, 0.1) is 12.2 Å². The van der Waals surface area contributed by atoms with E-state index in [1.54, 1.807) is 24.1 Å². The second kappa shape index (κ2) is 5.43. The van der Waals surface area contributed by atoms with E-state index in [-0.39, 0.29) is 11.6 Å². The fourth-order valence-corrected chi connectivity index (χ4v) is 1.65. The summed E-state index contributed by atoms with van der Waals surface area (Å²) in [5, 5.41) is 7.44. The van der Waals surface area contributed by atoms with E-state index in [9.17, 15) is 4.79 Å². The van der Waals surface area contributed by atoms with E-state index in [0.717, 1.165) is 11.4 Å². The van der Waals surface area contributed by atoms with Crippen LogP contribution in [-0.4, -0.2) is 33.0 Å². The van der Waals surface area contributed by atoms with Gasteiger partial charge in [-0.1, -0.05) is 6.07 Å². The van der Waals surface area contributed by atoms with Crippen LogP contribution in [0.15, 0.2) is 30.3 Å². The van der Waals surface area contributed by atoms with E-state index in [1.807, 2.05) is 25.1 Å². The summed E-state index contributed by atoms with van der Waals surface area (Å²) < 4.78 is 0. The number of nitrogen functional groups attached to an aromatic ring is 1. The van der Waals surface area contributed by atoms with Gasteiger partial charge >= 0.3 is 0 Å². The van der Waals surface area contributed by atoms with E-state index in [1.165, 1.54) is 0 Å².